The first-order chi connectivity index (χ1) is 12.4. The van der Waals surface area contributed by atoms with Crippen molar-refractivity contribution in [1.29, 1.82) is 0 Å². The van der Waals surface area contributed by atoms with Gasteiger partial charge in [-0.25, -0.2) is 0 Å². The fraction of sp³-hybridized carbons (Fsp3) is 0.619. The molecule has 4 saturated carbocycles. The van der Waals surface area contributed by atoms with Crippen LogP contribution in [0.4, 0.5) is 0 Å². The minimum atomic E-state index is -0.187. The number of amides is 2. The molecular formula is C21H27IN2O2. The molecule has 4 aliphatic carbocycles. The van der Waals surface area contributed by atoms with E-state index in [2.05, 4.69) is 40.1 Å². The van der Waals surface area contributed by atoms with Gasteiger partial charge in [0, 0.05) is 9.61 Å². The molecule has 0 aromatic heterocycles. The zero-order valence-corrected chi connectivity index (χ0v) is 17.4. The van der Waals surface area contributed by atoms with Crippen molar-refractivity contribution in [2.75, 3.05) is 6.54 Å². The average molecular weight is 466 g/mol. The molecule has 5 rings (SSSR count). The number of nitrogens with one attached hydrogen (secondary N) is 2. The lowest BCUT2D eigenvalue weighted by Crippen LogP contribution is -2.56. The third-order valence-corrected chi connectivity index (χ3v) is 7.85. The van der Waals surface area contributed by atoms with Gasteiger partial charge < -0.3 is 10.6 Å². The number of hydrogen-bond donors (Lipinski definition) is 2. The van der Waals surface area contributed by atoms with Crippen LogP contribution >= 0.6 is 22.6 Å². The van der Waals surface area contributed by atoms with Crippen molar-refractivity contribution in [3.63, 3.8) is 0 Å². The van der Waals surface area contributed by atoms with Crippen LogP contribution in [0, 0.1) is 26.7 Å². The Morgan fingerprint density at radius 3 is 2.27 bits per heavy atom. The number of carbonyl (C=O) groups is 2. The largest absolute Gasteiger partial charge is 0.352 e. The van der Waals surface area contributed by atoms with Gasteiger partial charge in [0.15, 0.2) is 0 Å². The minimum Gasteiger partial charge on any atom is -0.352 e. The predicted molar refractivity (Wildman–Crippen MR) is 110 cm³/mol. The maximum Gasteiger partial charge on any atom is 0.252 e. The van der Waals surface area contributed by atoms with E-state index in [-0.39, 0.29) is 24.4 Å². The topological polar surface area (TPSA) is 58.2 Å². The van der Waals surface area contributed by atoms with Crippen LogP contribution in [0.25, 0.3) is 0 Å². The highest BCUT2D eigenvalue weighted by molar-refractivity contribution is 14.1. The van der Waals surface area contributed by atoms with Crippen molar-refractivity contribution in [2.24, 2.45) is 23.2 Å². The Hall–Kier alpha value is -1.11. The smallest absolute Gasteiger partial charge is 0.252 e. The third-order valence-electron chi connectivity index (χ3n) is 6.91. The lowest BCUT2D eigenvalue weighted by atomic mass is 9.48. The quantitative estimate of drug-likeness (QED) is 0.650. The van der Waals surface area contributed by atoms with Crippen molar-refractivity contribution < 1.29 is 9.59 Å². The van der Waals surface area contributed by atoms with E-state index >= 15 is 0 Å². The molecule has 5 heteroatoms. The van der Waals surface area contributed by atoms with Gasteiger partial charge in [-0.2, -0.15) is 0 Å². The fourth-order valence-electron chi connectivity index (χ4n) is 6.05. The molecule has 0 radical (unpaired) electrons. The van der Waals surface area contributed by atoms with Crippen molar-refractivity contribution >= 4 is 34.4 Å². The van der Waals surface area contributed by atoms with Gasteiger partial charge in [0.25, 0.3) is 5.91 Å². The second kappa shape index (κ2) is 7.13. The summed E-state index contributed by atoms with van der Waals surface area (Å²) in [7, 11) is 0. The SMILES string of the molecule is C[C@@H](NC(=O)CNC(=O)c1ccccc1I)C12CC3CC(CC(C3)C1)C2. The standard InChI is InChI=1S/C21H27IN2O2/c1-13(21-9-14-6-15(10-21)8-16(7-14)11-21)24-19(25)12-23-20(26)17-4-2-3-5-18(17)22/h2-5,13-16H,6-12H2,1H3,(H,23,26)(H,24,25)/t13-,14?,15?,16?,21?/m1/s1. The third kappa shape index (κ3) is 3.51. The van der Waals surface area contributed by atoms with E-state index in [0.717, 1.165) is 21.3 Å². The van der Waals surface area contributed by atoms with E-state index in [4.69, 9.17) is 0 Å². The highest BCUT2D eigenvalue weighted by Gasteiger charge is 2.53. The number of halogens is 1. The van der Waals surface area contributed by atoms with Crippen molar-refractivity contribution in [3.05, 3.63) is 33.4 Å². The molecule has 4 nitrogen and oxygen atoms in total. The van der Waals surface area contributed by atoms with Crippen LogP contribution in [0.5, 0.6) is 0 Å². The molecule has 0 aliphatic heterocycles. The van der Waals surface area contributed by atoms with Gasteiger partial charge in [-0.15, -0.1) is 0 Å². The molecule has 0 spiro atoms. The van der Waals surface area contributed by atoms with Crippen molar-refractivity contribution in [2.45, 2.75) is 51.5 Å². The molecule has 1 aromatic carbocycles. The zero-order valence-electron chi connectivity index (χ0n) is 15.3. The summed E-state index contributed by atoms with van der Waals surface area (Å²) in [6.07, 6.45) is 8.04. The highest BCUT2D eigenvalue weighted by atomic mass is 127. The van der Waals surface area contributed by atoms with Crippen molar-refractivity contribution in [1.82, 2.24) is 10.6 Å². The molecule has 4 aliphatic rings. The summed E-state index contributed by atoms with van der Waals surface area (Å²) in [5, 5.41) is 5.97. The van der Waals surface area contributed by atoms with Crippen LogP contribution in [0.3, 0.4) is 0 Å². The lowest BCUT2D eigenvalue weighted by molar-refractivity contribution is -0.124. The fourth-order valence-corrected chi connectivity index (χ4v) is 6.69. The Kier molecular flexibility index (Phi) is 5.01. The summed E-state index contributed by atoms with van der Waals surface area (Å²) in [4.78, 5) is 24.7. The molecule has 4 bridgehead atoms. The van der Waals surface area contributed by atoms with Gasteiger partial charge in [-0.3, -0.25) is 9.59 Å². The molecule has 140 valence electrons. The van der Waals surface area contributed by atoms with Gasteiger partial charge >= 0.3 is 0 Å². The summed E-state index contributed by atoms with van der Waals surface area (Å²) in [6, 6.07) is 7.61. The predicted octanol–water partition coefficient (Wildman–Crippen LogP) is 3.74. The maximum absolute atomic E-state index is 12.4. The van der Waals surface area contributed by atoms with E-state index < -0.39 is 0 Å². The first kappa shape index (κ1) is 18.3. The summed E-state index contributed by atoms with van der Waals surface area (Å²) in [5.41, 5.74) is 0.915. The summed E-state index contributed by atoms with van der Waals surface area (Å²) < 4.78 is 0.893. The second-order valence-corrected chi connectivity index (χ2v) is 9.89. The maximum atomic E-state index is 12.4. The van der Waals surface area contributed by atoms with Crippen LogP contribution in [0.2, 0.25) is 0 Å². The molecule has 0 saturated heterocycles. The van der Waals surface area contributed by atoms with Gasteiger partial charge in [0.1, 0.15) is 0 Å². The van der Waals surface area contributed by atoms with Crippen LogP contribution in [0.15, 0.2) is 24.3 Å². The number of benzene rings is 1. The molecule has 1 aromatic rings. The number of rotatable bonds is 5. The Balaban J connectivity index is 1.32. The summed E-state index contributed by atoms with van der Waals surface area (Å²) in [6.45, 7) is 2.22. The first-order valence-electron chi connectivity index (χ1n) is 9.77. The Bertz CT molecular complexity index is 682. The van der Waals surface area contributed by atoms with Crippen molar-refractivity contribution in [3.8, 4) is 0 Å². The van der Waals surface area contributed by atoms with Crippen LogP contribution in [0.1, 0.15) is 55.8 Å². The molecule has 4 fully saturated rings. The molecule has 1 atom stereocenters. The molecule has 0 unspecified atom stereocenters. The van der Waals surface area contributed by atoms with Gasteiger partial charge in [0.2, 0.25) is 5.91 Å². The molecule has 2 N–H and O–H groups in total. The highest BCUT2D eigenvalue weighted by Crippen LogP contribution is 2.61. The van der Waals surface area contributed by atoms with Gasteiger partial charge in [0.05, 0.1) is 12.1 Å². The molecule has 2 amide bonds. The van der Waals surface area contributed by atoms with Crippen LogP contribution in [-0.4, -0.2) is 24.4 Å². The Labute approximate surface area is 169 Å². The van der Waals surface area contributed by atoms with E-state index in [1.807, 2.05) is 18.2 Å². The Morgan fingerprint density at radius 1 is 1.12 bits per heavy atom. The first-order valence-corrected chi connectivity index (χ1v) is 10.9. The van der Waals surface area contributed by atoms with Crippen LogP contribution < -0.4 is 10.6 Å². The lowest BCUT2D eigenvalue weighted by Gasteiger charge is -2.59. The molecule has 26 heavy (non-hydrogen) atoms. The van der Waals surface area contributed by atoms with E-state index in [1.165, 1.54) is 38.5 Å². The van der Waals surface area contributed by atoms with Gasteiger partial charge in [-0.1, -0.05) is 12.1 Å². The normalized spacial score (nSPS) is 32.9. The van der Waals surface area contributed by atoms with E-state index in [9.17, 15) is 9.59 Å². The second-order valence-electron chi connectivity index (χ2n) is 8.73. The van der Waals surface area contributed by atoms with Gasteiger partial charge in [-0.05, 0) is 103 Å². The number of carbonyl (C=O) groups excluding carboxylic acids is 2. The zero-order chi connectivity index (χ0) is 18.3. The number of hydrogen-bond acceptors (Lipinski definition) is 2. The summed E-state index contributed by atoms with van der Waals surface area (Å²) in [5.74, 6) is 2.36. The average Bonchev–Trinajstić information content (AvgIpc) is 2.59. The molecular weight excluding hydrogens is 439 g/mol. The monoisotopic (exact) mass is 466 g/mol. The summed E-state index contributed by atoms with van der Waals surface area (Å²) >= 11 is 2.14. The van der Waals surface area contributed by atoms with E-state index in [1.54, 1.807) is 6.07 Å². The Morgan fingerprint density at radius 2 is 1.69 bits per heavy atom. The van der Waals surface area contributed by atoms with E-state index in [0.29, 0.717) is 11.0 Å². The molecule has 0 heterocycles. The minimum absolute atomic E-state index is 0.0422. The van der Waals surface area contributed by atoms with Crippen LogP contribution in [-0.2, 0) is 4.79 Å².